The summed E-state index contributed by atoms with van der Waals surface area (Å²) < 4.78 is 4.78. The summed E-state index contributed by atoms with van der Waals surface area (Å²) in [6, 6.07) is 49.3. The molecule has 0 unspecified atom stereocenters. The Kier molecular flexibility index (Phi) is 6.18. The number of aromatic nitrogens is 4. The highest BCUT2D eigenvalue weighted by molar-refractivity contribution is 6.28. The first-order chi connectivity index (χ1) is 26.0. The van der Waals surface area contributed by atoms with Crippen molar-refractivity contribution in [2.24, 2.45) is 0 Å². The lowest BCUT2D eigenvalue weighted by atomic mass is 9.85. The van der Waals surface area contributed by atoms with Gasteiger partial charge in [0.1, 0.15) is 11.3 Å². The smallest absolute Gasteiger partial charge is 0.147 e. The second kappa shape index (κ2) is 10.7. The fourth-order valence-corrected chi connectivity index (χ4v) is 8.92. The van der Waals surface area contributed by atoms with Crippen LogP contribution >= 0.6 is 0 Å². The Labute approximate surface area is 313 Å². The third kappa shape index (κ3) is 4.31. The molecule has 11 rings (SSSR count). The average Bonchev–Trinajstić information content (AvgIpc) is 3.76. The van der Waals surface area contributed by atoms with Gasteiger partial charge in [0.05, 0.1) is 33.1 Å². The monoisotopic (exact) mass is 696 g/mol. The summed E-state index contributed by atoms with van der Waals surface area (Å²) in [5, 5.41) is 9.66. The first kappa shape index (κ1) is 31.3. The molecule has 4 heterocycles. The Morgan fingerprint density at radius 2 is 1.00 bits per heavy atom. The van der Waals surface area contributed by atoms with Crippen molar-refractivity contribution in [1.29, 1.82) is 0 Å². The lowest BCUT2D eigenvalue weighted by Gasteiger charge is -2.21. The molecular weight excluding hydrogens is 657 g/mol. The van der Waals surface area contributed by atoms with Gasteiger partial charge in [0.15, 0.2) is 0 Å². The topological polar surface area (TPSA) is 34.6 Å². The van der Waals surface area contributed by atoms with Crippen LogP contribution in [-0.4, -0.2) is 18.8 Å². The molecule has 0 spiro atoms. The van der Waals surface area contributed by atoms with Gasteiger partial charge in [0, 0.05) is 26.9 Å². The maximum atomic E-state index is 5.44. The molecule has 7 aromatic carbocycles. The lowest BCUT2D eigenvalue weighted by Crippen LogP contribution is -2.11. The van der Waals surface area contributed by atoms with Gasteiger partial charge in [-0.2, -0.15) is 0 Å². The number of benzene rings is 7. The van der Waals surface area contributed by atoms with Gasteiger partial charge in [-0.25, -0.2) is 9.97 Å². The number of para-hydroxylation sites is 2. The molecule has 4 heteroatoms. The molecule has 260 valence electrons. The van der Waals surface area contributed by atoms with Crippen LogP contribution in [-0.2, 0) is 10.8 Å². The van der Waals surface area contributed by atoms with Gasteiger partial charge in [-0.3, -0.25) is 8.80 Å². The Bertz CT molecular complexity index is 3400. The molecule has 0 atom stereocenters. The van der Waals surface area contributed by atoms with E-state index in [9.17, 15) is 0 Å². The quantitative estimate of drug-likeness (QED) is 0.160. The van der Waals surface area contributed by atoms with Crippen molar-refractivity contribution < 1.29 is 0 Å². The fraction of sp³-hybridized carbons (Fsp3) is 0.160. The highest BCUT2D eigenvalue weighted by atomic mass is 15.0. The van der Waals surface area contributed by atoms with Gasteiger partial charge in [-0.15, -0.1) is 0 Å². The molecule has 0 amide bonds. The summed E-state index contributed by atoms with van der Waals surface area (Å²) in [5.41, 5.74) is 13.5. The Morgan fingerprint density at radius 3 is 1.76 bits per heavy atom. The van der Waals surface area contributed by atoms with E-state index in [4.69, 9.17) is 9.97 Å². The van der Waals surface area contributed by atoms with Crippen LogP contribution < -0.4 is 0 Å². The van der Waals surface area contributed by atoms with Crippen molar-refractivity contribution in [1.82, 2.24) is 18.8 Å². The summed E-state index contributed by atoms with van der Waals surface area (Å²) in [6.45, 7) is 13.7. The molecule has 0 saturated heterocycles. The van der Waals surface area contributed by atoms with Crippen LogP contribution in [0.2, 0.25) is 0 Å². The molecular formula is C50H40N4. The SMILES string of the molecule is CC(C)(C)c1ccc2c3ccccc3c3nc4cc(-c5cc6ccccc6c6c5c5ccc(C(C)(C)C)cc5n5c7ccccc7nc65)ccc4n3c2c1. The first-order valence-corrected chi connectivity index (χ1v) is 19.0. The summed E-state index contributed by atoms with van der Waals surface area (Å²) in [6.07, 6.45) is 0. The van der Waals surface area contributed by atoms with Gasteiger partial charge < -0.3 is 0 Å². The van der Waals surface area contributed by atoms with Crippen LogP contribution in [0.3, 0.4) is 0 Å². The second-order valence-electron chi connectivity index (χ2n) is 17.1. The van der Waals surface area contributed by atoms with Crippen LogP contribution in [0.1, 0.15) is 52.7 Å². The normalized spacial score (nSPS) is 13.0. The summed E-state index contributed by atoms with van der Waals surface area (Å²) in [7, 11) is 0. The number of imidazole rings is 2. The number of hydrogen-bond acceptors (Lipinski definition) is 2. The largest absolute Gasteiger partial charge is 0.292 e. The van der Waals surface area contributed by atoms with Gasteiger partial charge in [0.25, 0.3) is 0 Å². The Balaban J connectivity index is 1.29. The predicted molar refractivity (Wildman–Crippen MR) is 229 cm³/mol. The zero-order valence-electron chi connectivity index (χ0n) is 31.5. The maximum Gasteiger partial charge on any atom is 0.147 e. The molecule has 0 aliphatic rings. The van der Waals surface area contributed by atoms with E-state index in [1.54, 1.807) is 0 Å². The Morgan fingerprint density at radius 1 is 0.407 bits per heavy atom. The number of hydrogen-bond donors (Lipinski definition) is 0. The third-order valence-corrected chi connectivity index (χ3v) is 11.7. The van der Waals surface area contributed by atoms with E-state index in [2.05, 4.69) is 184 Å². The minimum atomic E-state index is -0.00573. The molecule has 11 aromatic rings. The van der Waals surface area contributed by atoms with Gasteiger partial charge in [-0.05, 0) is 91.7 Å². The minimum absolute atomic E-state index is 0.00573. The number of nitrogens with zero attached hydrogens (tertiary/aromatic N) is 4. The van der Waals surface area contributed by atoms with Gasteiger partial charge in [-0.1, -0.05) is 133 Å². The van der Waals surface area contributed by atoms with Crippen molar-refractivity contribution in [2.75, 3.05) is 0 Å². The van der Waals surface area contributed by atoms with Crippen molar-refractivity contribution in [3.63, 3.8) is 0 Å². The summed E-state index contributed by atoms with van der Waals surface area (Å²) in [5.74, 6) is 0. The zero-order chi connectivity index (χ0) is 36.7. The highest BCUT2D eigenvalue weighted by Gasteiger charge is 2.23. The molecule has 0 aliphatic carbocycles. The van der Waals surface area contributed by atoms with E-state index in [1.807, 2.05) is 0 Å². The summed E-state index contributed by atoms with van der Waals surface area (Å²) >= 11 is 0. The average molecular weight is 697 g/mol. The molecule has 4 nitrogen and oxygen atoms in total. The predicted octanol–water partition coefficient (Wildman–Crippen LogP) is 13.3. The Hall–Kier alpha value is -6.26. The molecule has 4 aromatic heterocycles. The molecule has 0 bridgehead atoms. The first-order valence-electron chi connectivity index (χ1n) is 19.0. The molecule has 0 radical (unpaired) electrons. The van der Waals surface area contributed by atoms with E-state index in [0.717, 1.165) is 44.3 Å². The van der Waals surface area contributed by atoms with E-state index in [-0.39, 0.29) is 10.8 Å². The van der Waals surface area contributed by atoms with Crippen molar-refractivity contribution in [2.45, 2.75) is 52.4 Å². The van der Waals surface area contributed by atoms with E-state index in [1.165, 1.54) is 65.4 Å². The molecule has 0 N–H and O–H groups in total. The van der Waals surface area contributed by atoms with Crippen LogP contribution in [0.25, 0.3) is 98.6 Å². The standard InChI is InChI=1S/C50H40N4/c1-49(2,3)31-20-22-35-34-15-9-10-16-36(34)47-52-40-26-30(19-24-42(40)53(47)43(35)27-31)38-25-29-13-7-8-14-33(29)46-45(38)37-23-21-32(50(4,5)6)28-44(37)54-41-18-12-11-17-39(41)51-48(46)54/h7-28H,1-6H3. The molecule has 54 heavy (non-hydrogen) atoms. The van der Waals surface area contributed by atoms with Crippen LogP contribution in [0, 0.1) is 0 Å². The molecule has 0 saturated carbocycles. The van der Waals surface area contributed by atoms with Crippen LogP contribution in [0.4, 0.5) is 0 Å². The maximum absolute atomic E-state index is 5.44. The van der Waals surface area contributed by atoms with Crippen molar-refractivity contribution in [3.05, 3.63) is 145 Å². The summed E-state index contributed by atoms with van der Waals surface area (Å²) in [4.78, 5) is 10.8. The number of pyridine rings is 2. The van der Waals surface area contributed by atoms with E-state index >= 15 is 0 Å². The highest BCUT2D eigenvalue weighted by Crippen LogP contribution is 2.44. The van der Waals surface area contributed by atoms with Crippen molar-refractivity contribution >= 4 is 87.5 Å². The number of fused-ring (bicyclic) bond motifs is 18. The van der Waals surface area contributed by atoms with Gasteiger partial charge in [0.2, 0.25) is 0 Å². The second-order valence-corrected chi connectivity index (χ2v) is 17.1. The van der Waals surface area contributed by atoms with Crippen LogP contribution in [0.5, 0.6) is 0 Å². The fourth-order valence-electron chi connectivity index (χ4n) is 8.92. The third-order valence-electron chi connectivity index (χ3n) is 11.7. The van der Waals surface area contributed by atoms with Crippen molar-refractivity contribution in [3.8, 4) is 11.1 Å². The number of rotatable bonds is 1. The minimum Gasteiger partial charge on any atom is -0.292 e. The lowest BCUT2D eigenvalue weighted by molar-refractivity contribution is 0.590. The molecule has 0 aliphatic heterocycles. The molecule has 0 fully saturated rings. The zero-order valence-corrected chi connectivity index (χ0v) is 31.5. The van der Waals surface area contributed by atoms with Gasteiger partial charge >= 0.3 is 0 Å². The van der Waals surface area contributed by atoms with E-state index < -0.39 is 0 Å². The van der Waals surface area contributed by atoms with E-state index in [0.29, 0.717) is 0 Å². The van der Waals surface area contributed by atoms with Crippen LogP contribution in [0.15, 0.2) is 133 Å².